The number of hydrogen-bond acceptors (Lipinski definition) is 2. The molecule has 0 aliphatic rings. The van der Waals surface area contributed by atoms with Crippen molar-refractivity contribution < 1.29 is 18.9 Å². The Kier molecular flexibility index (Phi) is 4.26. The van der Waals surface area contributed by atoms with Gasteiger partial charge in [-0.15, -0.1) is 0 Å². The molecular weight excluding hydrogens is 167 g/mol. The summed E-state index contributed by atoms with van der Waals surface area (Å²) in [4.78, 5) is 16.7. The molecule has 0 saturated heterocycles. The van der Waals surface area contributed by atoms with Gasteiger partial charge in [-0.1, -0.05) is 20.8 Å². The van der Waals surface area contributed by atoms with Gasteiger partial charge in [0.2, 0.25) is 0 Å². The molecule has 0 aromatic rings. The van der Waals surface area contributed by atoms with Crippen molar-refractivity contribution in [1.29, 1.82) is 0 Å². The first-order chi connectivity index (χ1) is 4.83. The first-order valence-corrected chi connectivity index (χ1v) is 5.06. The van der Waals surface area contributed by atoms with E-state index in [-0.39, 0.29) is 12.5 Å². The zero-order chi connectivity index (χ0) is 9.07. The van der Waals surface area contributed by atoms with Crippen LogP contribution in [0.5, 0.6) is 0 Å². The molecule has 0 heterocycles. The van der Waals surface area contributed by atoms with E-state index in [1.165, 1.54) is 0 Å². The van der Waals surface area contributed by atoms with Crippen LogP contribution in [-0.4, -0.2) is 16.4 Å². The highest BCUT2D eigenvalue weighted by atomic mass is 31.2. The van der Waals surface area contributed by atoms with E-state index in [2.05, 4.69) is 4.52 Å². The van der Waals surface area contributed by atoms with Crippen LogP contribution < -0.4 is 0 Å². The third-order valence-electron chi connectivity index (χ3n) is 1.64. The lowest BCUT2D eigenvalue weighted by atomic mass is 10.00. The Balaban J connectivity index is 3.63. The van der Waals surface area contributed by atoms with Crippen LogP contribution in [0.1, 0.15) is 20.8 Å². The second-order valence-electron chi connectivity index (χ2n) is 3.01. The lowest BCUT2D eigenvalue weighted by molar-refractivity contribution is 0.156. The normalized spacial score (nSPS) is 15.5. The number of phosphoric acid groups is 1. The smallest absolute Gasteiger partial charge is 0.303 e. The highest BCUT2D eigenvalue weighted by Crippen LogP contribution is 2.36. The van der Waals surface area contributed by atoms with E-state index < -0.39 is 7.82 Å². The van der Waals surface area contributed by atoms with Gasteiger partial charge in [0.15, 0.2) is 0 Å². The Morgan fingerprint density at radius 1 is 1.36 bits per heavy atom. The molecule has 0 amide bonds. The predicted octanol–water partition coefficient (Wildman–Crippen LogP) is 1.39. The standard InChI is InChI=1S/C6H15O4P/c1-5(2)6(3)4-10-11(7,8)9/h5-6H,4H2,1-3H3,(H2,7,8,9)/t6-/m0/s1. The summed E-state index contributed by atoms with van der Waals surface area (Å²) in [6, 6.07) is 0. The molecule has 0 fully saturated rings. The lowest BCUT2D eigenvalue weighted by Crippen LogP contribution is -2.10. The van der Waals surface area contributed by atoms with Crippen molar-refractivity contribution in [2.75, 3.05) is 6.61 Å². The van der Waals surface area contributed by atoms with E-state index in [1.54, 1.807) is 0 Å². The average molecular weight is 182 g/mol. The third-order valence-corrected chi connectivity index (χ3v) is 2.13. The summed E-state index contributed by atoms with van der Waals surface area (Å²) in [7, 11) is -4.26. The zero-order valence-electron chi connectivity index (χ0n) is 7.02. The van der Waals surface area contributed by atoms with Gasteiger partial charge in [0.1, 0.15) is 0 Å². The maximum Gasteiger partial charge on any atom is 0.469 e. The molecule has 0 saturated carbocycles. The van der Waals surface area contributed by atoms with Gasteiger partial charge in [0.25, 0.3) is 0 Å². The summed E-state index contributed by atoms with van der Waals surface area (Å²) in [6.07, 6.45) is 0. The highest BCUT2D eigenvalue weighted by molar-refractivity contribution is 7.46. The van der Waals surface area contributed by atoms with Crippen molar-refractivity contribution in [3.63, 3.8) is 0 Å². The summed E-state index contributed by atoms with van der Waals surface area (Å²) in [5, 5.41) is 0. The van der Waals surface area contributed by atoms with Crippen LogP contribution >= 0.6 is 7.82 Å². The first-order valence-electron chi connectivity index (χ1n) is 3.53. The summed E-state index contributed by atoms with van der Waals surface area (Å²) in [5.41, 5.74) is 0. The largest absolute Gasteiger partial charge is 0.469 e. The molecule has 1 atom stereocenters. The number of phosphoric ester groups is 1. The van der Waals surface area contributed by atoms with Gasteiger partial charge >= 0.3 is 7.82 Å². The van der Waals surface area contributed by atoms with Crippen molar-refractivity contribution in [2.45, 2.75) is 20.8 Å². The molecule has 0 rings (SSSR count). The van der Waals surface area contributed by atoms with Gasteiger partial charge in [-0.05, 0) is 11.8 Å². The van der Waals surface area contributed by atoms with E-state index in [0.717, 1.165) is 0 Å². The molecule has 11 heavy (non-hydrogen) atoms. The topological polar surface area (TPSA) is 66.8 Å². The fourth-order valence-electron chi connectivity index (χ4n) is 0.407. The summed E-state index contributed by atoms with van der Waals surface area (Å²) in [5.74, 6) is 0.546. The van der Waals surface area contributed by atoms with Crippen molar-refractivity contribution in [2.24, 2.45) is 11.8 Å². The second-order valence-corrected chi connectivity index (χ2v) is 4.25. The van der Waals surface area contributed by atoms with Crippen molar-refractivity contribution in [3.8, 4) is 0 Å². The Morgan fingerprint density at radius 2 is 1.82 bits per heavy atom. The van der Waals surface area contributed by atoms with E-state index >= 15 is 0 Å². The van der Waals surface area contributed by atoms with Crippen LogP contribution in [0.15, 0.2) is 0 Å². The minimum Gasteiger partial charge on any atom is -0.303 e. The van der Waals surface area contributed by atoms with E-state index in [9.17, 15) is 4.57 Å². The van der Waals surface area contributed by atoms with Crippen LogP contribution in [0.3, 0.4) is 0 Å². The maximum absolute atomic E-state index is 10.2. The van der Waals surface area contributed by atoms with Crippen LogP contribution in [0.4, 0.5) is 0 Å². The van der Waals surface area contributed by atoms with E-state index in [1.807, 2.05) is 20.8 Å². The minimum absolute atomic E-state index is 0.113. The molecule has 5 heteroatoms. The highest BCUT2D eigenvalue weighted by Gasteiger charge is 2.16. The number of hydrogen-bond donors (Lipinski definition) is 2. The van der Waals surface area contributed by atoms with Crippen LogP contribution in [-0.2, 0) is 9.09 Å². The zero-order valence-corrected chi connectivity index (χ0v) is 7.91. The van der Waals surface area contributed by atoms with Gasteiger partial charge < -0.3 is 9.79 Å². The molecule has 0 aromatic heterocycles. The maximum atomic E-state index is 10.2. The van der Waals surface area contributed by atoms with Gasteiger partial charge in [-0.2, -0.15) is 0 Å². The second kappa shape index (κ2) is 4.21. The lowest BCUT2D eigenvalue weighted by Gasteiger charge is -2.15. The molecule has 0 bridgehead atoms. The molecule has 0 aliphatic carbocycles. The quantitative estimate of drug-likeness (QED) is 0.644. The Hall–Kier alpha value is 0.110. The SMILES string of the molecule is CC(C)[C@@H](C)COP(=O)(O)O. The molecule has 68 valence electrons. The Morgan fingerprint density at radius 3 is 2.09 bits per heavy atom. The molecular formula is C6H15O4P. The molecule has 0 aliphatic heterocycles. The summed E-state index contributed by atoms with van der Waals surface area (Å²) in [6.45, 7) is 5.96. The van der Waals surface area contributed by atoms with E-state index in [4.69, 9.17) is 9.79 Å². The molecule has 0 aromatic carbocycles. The molecule has 0 spiro atoms. The fourth-order valence-corrected chi connectivity index (χ4v) is 0.836. The Labute approximate surface area is 66.8 Å². The van der Waals surface area contributed by atoms with Gasteiger partial charge in [-0.25, -0.2) is 4.57 Å². The van der Waals surface area contributed by atoms with Crippen LogP contribution in [0.25, 0.3) is 0 Å². The third kappa shape index (κ3) is 6.51. The summed E-state index contributed by atoms with van der Waals surface area (Å²) < 4.78 is 14.5. The van der Waals surface area contributed by atoms with Gasteiger partial charge in [-0.3, -0.25) is 4.52 Å². The average Bonchev–Trinajstić information content (AvgIpc) is 1.80. The minimum atomic E-state index is -4.26. The van der Waals surface area contributed by atoms with Crippen LogP contribution in [0.2, 0.25) is 0 Å². The van der Waals surface area contributed by atoms with Crippen LogP contribution in [0, 0.1) is 11.8 Å². The monoisotopic (exact) mass is 182 g/mol. The van der Waals surface area contributed by atoms with Gasteiger partial charge in [0, 0.05) is 0 Å². The molecule has 0 unspecified atom stereocenters. The summed E-state index contributed by atoms with van der Waals surface area (Å²) >= 11 is 0. The van der Waals surface area contributed by atoms with E-state index in [0.29, 0.717) is 5.92 Å². The van der Waals surface area contributed by atoms with Crippen molar-refractivity contribution in [3.05, 3.63) is 0 Å². The van der Waals surface area contributed by atoms with Gasteiger partial charge in [0.05, 0.1) is 6.61 Å². The van der Waals surface area contributed by atoms with Crippen molar-refractivity contribution >= 4 is 7.82 Å². The fraction of sp³-hybridized carbons (Fsp3) is 1.00. The first kappa shape index (κ1) is 11.1. The molecule has 4 nitrogen and oxygen atoms in total. The number of rotatable bonds is 4. The predicted molar refractivity (Wildman–Crippen MR) is 42.0 cm³/mol. The Bertz CT molecular complexity index is 151. The van der Waals surface area contributed by atoms with Crippen molar-refractivity contribution in [1.82, 2.24) is 0 Å². The molecule has 0 radical (unpaired) electrons. The molecule has 2 N–H and O–H groups in total.